The second-order valence-electron chi connectivity index (χ2n) is 6.89. The van der Waals surface area contributed by atoms with Crippen LogP contribution >= 0.6 is 0 Å². The van der Waals surface area contributed by atoms with Gasteiger partial charge < -0.3 is 15.0 Å². The second-order valence-corrected chi connectivity index (χ2v) is 6.89. The molecule has 1 fully saturated rings. The number of nitrogens with zero attached hydrogens (tertiary/aromatic N) is 1. The molecule has 0 spiro atoms. The molecule has 0 bridgehead atoms. The summed E-state index contributed by atoms with van der Waals surface area (Å²) in [5.74, 6) is 0.815. The Hall–Kier alpha value is -2.66. The number of aromatic amines is 1. The van der Waals surface area contributed by atoms with E-state index < -0.39 is 5.41 Å². The van der Waals surface area contributed by atoms with E-state index in [1.807, 2.05) is 61.5 Å². The summed E-state index contributed by atoms with van der Waals surface area (Å²) < 4.78 is 5.53. The molecule has 5 heteroatoms. The highest BCUT2D eigenvalue weighted by Crippen LogP contribution is 2.35. The number of carbonyl (C=O) groups is 1. The summed E-state index contributed by atoms with van der Waals surface area (Å²) in [6.45, 7) is 3.16. The summed E-state index contributed by atoms with van der Waals surface area (Å²) in [6, 6.07) is 17.7. The van der Waals surface area contributed by atoms with Crippen molar-refractivity contribution in [2.75, 3.05) is 13.2 Å². The minimum absolute atomic E-state index is 0.0416. The van der Waals surface area contributed by atoms with Crippen molar-refractivity contribution in [2.45, 2.75) is 31.2 Å². The van der Waals surface area contributed by atoms with E-state index in [4.69, 9.17) is 4.74 Å². The standard InChI is InChI=1S/C21H23N3O2/c1-15(19-23-17-9-5-6-10-18(17)24-19)22-20(25)21(11-13-26-14-12-21)16-7-3-2-4-8-16/h2-10,15H,11-14H2,1H3,(H,22,25)(H,23,24)/t15-/m0/s1. The van der Waals surface area contributed by atoms with Crippen LogP contribution in [0.5, 0.6) is 0 Å². The van der Waals surface area contributed by atoms with Gasteiger partial charge in [0.2, 0.25) is 5.91 Å². The van der Waals surface area contributed by atoms with Gasteiger partial charge in [0.1, 0.15) is 5.82 Å². The average molecular weight is 349 g/mol. The molecule has 1 aromatic heterocycles. The Labute approximate surface area is 152 Å². The molecular weight excluding hydrogens is 326 g/mol. The predicted octanol–water partition coefficient (Wildman–Crippen LogP) is 3.49. The van der Waals surface area contributed by atoms with Crippen molar-refractivity contribution < 1.29 is 9.53 Å². The third kappa shape index (κ3) is 2.99. The first-order chi connectivity index (χ1) is 12.7. The fourth-order valence-electron chi connectivity index (χ4n) is 3.70. The molecule has 1 amide bonds. The first-order valence-electron chi connectivity index (χ1n) is 9.08. The van der Waals surface area contributed by atoms with Gasteiger partial charge in [-0.2, -0.15) is 0 Å². The average Bonchev–Trinajstić information content (AvgIpc) is 3.13. The third-order valence-electron chi connectivity index (χ3n) is 5.27. The highest BCUT2D eigenvalue weighted by molar-refractivity contribution is 5.88. The maximum atomic E-state index is 13.3. The number of imidazole rings is 1. The van der Waals surface area contributed by atoms with Crippen LogP contribution in [0, 0.1) is 0 Å². The zero-order chi connectivity index (χ0) is 18.0. The number of hydrogen-bond acceptors (Lipinski definition) is 3. The van der Waals surface area contributed by atoms with Crippen molar-refractivity contribution in [1.82, 2.24) is 15.3 Å². The van der Waals surface area contributed by atoms with Gasteiger partial charge in [-0.1, -0.05) is 42.5 Å². The van der Waals surface area contributed by atoms with Gasteiger partial charge in [-0.15, -0.1) is 0 Å². The zero-order valence-electron chi connectivity index (χ0n) is 14.9. The number of nitrogens with one attached hydrogen (secondary N) is 2. The van der Waals surface area contributed by atoms with Crippen LogP contribution in [0.25, 0.3) is 11.0 Å². The van der Waals surface area contributed by atoms with Gasteiger partial charge in [0.15, 0.2) is 0 Å². The van der Waals surface area contributed by atoms with Crippen LogP contribution in [0.3, 0.4) is 0 Å². The van der Waals surface area contributed by atoms with Crippen molar-refractivity contribution in [3.63, 3.8) is 0 Å². The predicted molar refractivity (Wildman–Crippen MR) is 101 cm³/mol. The maximum absolute atomic E-state index is 13.3. The highest BCUT2D eigenvalue weighted by atomic mass is 16.5. The number of aromatic nitrogens is 2. The fraction of sp³-hybridized carbons (Fsp3) is 0.333. The quantitative estimate of drug-likeness (QED) is 0.758. The van der Waals surface area contributed by atoms with E-state index in [2.05, 4.69) is 15.3 Å². The molecule has 3 aromatic rings. The van der Waals surface area contributed by atoms with Gasteiger partial charge in [-0.3, -0.25) is 4.79 Å². The Morgan fingerprint density at radius 2 is 1.81 bits per heavy atom. The van der Waals surface area contributed by atoms with Crippen molar-refractivity contribution in [2.24, 2.45) is 0 Å². The van der Waals surface area contributed by atoms with E-state index in [1.165, 1.54) is 0 Å². The third-order valence-corrected chi connectivity index (χ3v) is 5.27. The Balaban J connectivity index is 1.60. The normalized spacial score (nSPS) is 17.7. The molecule has 1 aliphatic rings. The lowest BCUT2D eigenvalue weighted by atomic mass is 9.73. The van der Waals surface area contributed by atoms with Crippen molar-refractivity contribution in [1.29, 1.82) is 0 Å². The number of hydrogen-bond donors (Lipinski definition) is 2. The second kappa shape index (κ2) is 6.92. The summed E-state index contributed by atoms with van der Waals surface area (Å²) in [7, 11) is 0. The van der Waals surface area contributed by atoms with Crippen LogP contribution in [-0.4, -0.2) is 29.1 Å². The minimum Gasteiger partial charge on any atom is -0.381 e. The first-order valence-corrected chi connectivity index (χ1v) is 9.08. The van der Waals surface area contributed by atoms with E-state index >= 15 is 0 Å². The van der Waals surface area contributed by atoms with E-state index in [0.717, 1.165) is 22.4 Å². The monoisotopic (exact) mass is 349 g/mol. The number of carbonyl (C=O) groups excluding carboxylic acids is 1. The number of rotatable bonds is 4. The van der Waals surface area contributed by atoms with Crippen LogP contribution in [0.15, 0.2) is 54.6 Å². The van der Waals surface area contributed by atoms with Crippen LogP contribution in [-0.2, 0) is 14.9 Å². The number of ether oxygens (including phenoxy) is 1. The molecule has 0 aliphatic carbocycles. The molecule has 1 saturated heterocycles. The molecule has 0 unspecified atom stereocenters. The SMILES string of the molecule is C[C@H](NC(=O)C1(c2ccccc2)CCOCC1)c1nc2ccccc2[nH]1. The van der Waals surface area contributed by atoms with Gasteiger partial charge >= 0.3 is 0 Å². The summed E-state index contributed by atoms with van der Waals surface area (Å²) in [4.78, 5) is 21.2. The van der Waals surface area contributed by atoms with E-state index in [-0.39, 0.29) is 11.9 Å². The molecule has 26 heavy (non-hydrogen) atoms. The molecule has 1 aliphatic heterocycles. The van der Waals surface area contributed by atoms with Crippen molar-refractivity contribution >= 4 is 16.9 Å². The maximum Gasteiger partial charge on any atom is 0.231 e. The number of fused-ring (bicyclic) bond motifs is 1. The highest BCUT2D eigenvalue weighted by Gasteiger charge is 2.42. The lowest BCUT2D eigenvalue weighted by Gasteiger charge is -2.37. The van der Waals surface area contributed by atoms with E-state index in [9.17, 15) is 4.79 Å². The molecular formula is C21H23N3O2. The summed E-state index contributed by atoms with van der Waals surface area (Å²) in [6.07, 6.45) is 1.38. The molecule has 2 aromatic carbocycles. The summed E-state index contributed by atoms with van der Waals surface area (Å²) in [5.41, 5.74) is 2.40. The Morgan fingerprint density at radius 3 is 2.54 bits per heavy atom. The molecule has 0 saturated carbocycles. The molecule has 134 valence electrons. The van der Waals surface area contributed by atoms with Gasteiger partial charge in [0.25, 0.3) is 0 Å². The fourth-order valence-corrected chi connectivity index (χ4v) is 3.70. The van der Waals surface area contributed by atoms with E-state index in [0.29, 0.717) is 26.1 Å². The topological polar surface area (TPSA) is 67.0 Å². The van der Waals surface area contributed by atoms with Crippen LogP contribution in [0.4, 0.5) is 0 Å². The van der Waals surface area contributed by atoms with Gasteiger partial charge in [0.05, 0.1) is 22.5 Å². The van der Waals surface area contributed by atoms with Gasteiger partial charge in [-0.05, 0) is 37.5 Å². The van der Waals surface area contributed by atoms with Crippen LogP contribution in [0.1, 0.15) is 37.2 Å². The molecule has 2 N–H and O–H groups in total. The molecule has 5 nitrogen and oxygen atoms in total. The number of para-hydroxylation sites is 2. The largest absolute Gasteiger partial charge is 0.381 e. The molecule has 4 rings (SSSR count). The number of benzene rings is 2. The van der Waals surface area contributed by atoms with Gasteiger partial charge in [-0.25, -0.2) is 4.98 Å². The van der Waals surface area contributed by atoms with E-state index in [1.54, 1.807) is 0 Å². The Bertz CT molecular complexity index is 865. The van der Waals surface area contributed by atoms with Crippen LogP contribution in [0.2, 0.25) is 0 Å². The zero-order valence-corrected chi connectivity index (χ0v) is 14.9. The van der Waals surface area contributed by atoms with Crippen LogP contribution < -0.4 is 5.32 Å². The number of H-pyrrole nitrogens is 1. The molecule has 0 radical (unpaired) electrons. The Kier molecular flexibility index (Phi) is 4.47. The summed E-state index contributed by atoms with van der Waals surface area (Å²) >= 11 is 0. The lowest BCUT2D eigenvalue weighted by molar-refractivity contribution is -0.131. The van der Waals surface area contributed by atoms with Crippen molar-refractivity contribution in [3.8, 4) is 0 Å². The molecule has 1 atom stereocenters. The van der Waals surface area contributed by atoms with Gasteiger partial charge in [0, 0.05) is 13.2 Å². The number of amides is 1. The minimum atomic E-state index is -0.542. The first kappa shape index (κ1) is 16.8. The Morgan fingerprint density at radius 1 is 1.12 bits per heavy atom. The molecule has 2 heterocycles. The van der Waals surface area contributed by atoms with Crippen molar-refractivity contribution in [3.05, 3.63) is 66.0 Å². The lowest BCUT2D eigenvalue weighted by Crippen LogP contribution is -2.48. The smallest absolute Gasteiger partial charge is 0.231 e. The summed E-state index contributed by atoms with van der Waals surface area (Å²) in [5, 5.41) is 3.18.